The number of unbranched alkanes of at least 4 members (excludes halogenated alkanes) is 3. The molecule has 0 heterocycles. The lowest BCUT2D eigenvalue weighted by molar-refractivity contribution is -0.134. The fraction of sp³-hybridized carbons (Fsp3) is 0.952. The van der Waals surface area contributed by atoms with Crippen LogP contribution < -0.4 is 5.73 Å². The van der Waals surface area contributed by atoms with Gasteiger partial charge in [0, 0.05) is 6.04 Å². The normalized spacial score (nSPS) is 13.4. The minimum Gasteiger partial charge on any atom is -0.369 e. The molecule has 0 bridgehead atoms. The highest BCUT2D eigenvalue weighted by Gasteiger charge is 2.44. The second kappa shape index (κ2) is 13.7. The minimum atomic E-state index is -0.342. The first-order valence-corrected chi connectivity index (χ1v) is 10.6. The highest BCUT2D eigenvalue weighted by Crippen LogP contribution is 2.40. The van der Waals surface area contributed by atoms with Gasteiger partial charge in [-0.05, 0) is 45.2 Å². The van der Waals surface area contributed by atoms with Crippen molar-refractivity contribution in [2.45, 2.75) is 111 Å². The third kappa shape index (κ3) is 7.13. The molecule has 0 aliphatic carbocycles. The van der Waals surface area contributed by atoms with E-state index in [0.717, 1.165) is 70.9 Å². The predicted octanol–water partition coefficient (Wildman–Crippen LogP) is 5.52. The summed E-state index contributed by atoms with van der Waals surface area (Å²) < 4.78 is 0. The maximum Gasteiger partial charge on any atom is 0.225 e. The maximum absolute atomic E-state index is 12.7. The largest absolute Gasteiger partial charge is 0.369 e. The van der Waals surface area contributed by atoms with E-state index in [0.29, 0.717) is 6.04 Å². The van der Waals surface area contributed by atoms with E-state index in [1.807, 2.05) is 0 Å². The van der Waals surface area contributed by atoms with E-state index >= 15 is 0 Å². The first kappa shape index (κ1) is 23.4. The van der Waals surface area contributed by atoms with Crippen LogP contribution in [-0.4, -0.2) is 29.9 Å². The van der Waals surface area contributed by atoms with Crippen molar-refractivity contribution >= 4 is 5.91 Å². The lowest BCUT2D eigenvalue weighted by Crippen LogP contribution is -2.55. The summed E-state index contributed by atoms with van der Waals surface area (Å²) in [5.74, 6) is -0.0530. The summed E-state index contributed by atoms with van der Waals surface area (Å²) in [5.41, 5.74) is 5.75. The van der Waals surface area contributed by atoms with Gasteiger partial charge in [0.2, 0.25) is 5.91 Å². The monoisotopic (exact) mass is 340 g/mol. The van der Waals surface area contributed by atoms with Crippen molar-refractivity contribution in [1.82, 2.24) is 4.90 Å². The number of amides is 1. The van der Waals surface area contributed by atoms with E-state index < -0.39 is 0 Å². The first-order chi connectivity index (χ1) is 11.5. The maximum atomic E-state index is 12.7. The molecule has 0 aliphatic rings. The Hall–Kier alpha value is -0.570. The van der Waals surface area contributed by atoms with Crippen molar-refractivity contribution in [2.24, 2.45) is 11.1 Å². The van der Waals surface area contributed by atoms with Gasteiger partial charge in [0.25, 0.3) is 0 Å². The molecule has 0 aromatic carbocycles. The zero-order chi connectivity index (χ0) is 18.4. The highest BCUT2D eigenvalue weighted by molar-refractivity contribution is 5.81. The molecule has 0 aromatic heterocycles. The van der Waals surface area contributed by atoms with Crippen LogP contribution in [0.3, 0.4) is 0 Å². The number of carbonyl (C=O) groups is 1. The van der Waals surface area contributed by atoms with Crippen LogP contribution in [0.25, 0.3) is 0 Å². The van der Waals surface area contributed by atoms with Crippen LogP contribution in [0, 0.1) is 5.41 Å². The second-order valence-corrected chi connectivity index (χ2v) is 7.42. The number of carbonyl (C=O) groups excluding carboxylic acids is 1. The predicted molar refractivity (Wildman–Crippen MR) is 106 cm³/mol. The van der Waals surface area contributed by atoms with E-state index in [-0.39, 0.29) is 11.3 Å². The summed E-state index contributed by atoms with van der Waals surface area (Å²) in [5, 5.41) is 0. The van der Waals surface area contributed by atoms with Crippen LogP contribution in [0.2, 0.25) is 0 Å². The molecule has 1 atom stereocenters. The minimum absolute atomic E-state index is 0.0530. The van der Waals surface area contributed by atoms with Gasteiger partial charge >= 0.3 is 0 Å². The zero-order valence-electron chi connectivity index (χ0n) is 17.2. The van der Waals surface area contributed by atoms with E-state index in [1.165, 1.54) is 12.8 Å². The first-order valence-electron chi connectivity index (χ1n) is 10.6. The van der Waals surface area contributed by atoms with Crippen molar-refractivity contribution in [1.29, 1.82) is 0 Å². The van der Waals surface area contributed by atoms with Gasteiger partial charge in [0.1, 0.15) is 0 Å². The Morgan fingerprint density at radius 1 is 0.833 bits per heavy atom. The molecule has 0 rings (SSSR count). The van der Waals surface area contributed by atoms with Crippen LogP contribution >= 0.6 is 0 Å². The van der Waals surface area contributed by atoms with E-state index in [9.17, 15) is 4.79 Å². The number of hydrogen-bond donors (Lipinski definition) is 1. The molecule has 3 nitrogen and oxygen atoms in total. The van der Waals surface area contributed by atoms with Crippen LogP contribution in [0.15, 0.2) is 0 Å². The van der Waals surface area contributed by atoms with E-state index in [4.69, 9.17) is 5.73 Å². The number of rotatable bonds is 16. The Bertz CT molecular complexity index is 303. The molecule has 1 unspecified atom stereocenters. The standard InChI is InChI=1S/C21H44N2O/c1-6-11-14-19(23(17-9-4)18-10-5)21(20(22)24,15-12-7-2)16-13-8-3/h19H,6-18H2,1-5H3,(H2,22,24). The van der Waals surface area contributed by atoms with Gasteiger partial charge in [0.05, 0.1) is 5.41 Å². The van der Waals surface area contributed by atoms with Crippen LogP contribution in [0.1, 0.15) is 105 Å². The third-order valence-electron chi connectivity index (χ3n) is 5.37. The average molecular weight is 341 g/mol. The molecule has 1 amide bonds. The summed E-state index contributed by atoms with van der Waals surface area (Å²) in [6, 6.07) is 0.313. The van der Waals surface area contributed by atoms with Gasteiger partial charge in [-0.25, -0.2) is 0 Å². The molecule has 24 heavy (non-hydrogen) atoms. The lowest BCUT2D eigenvalue weighted by Gasteiger charge is -2.45. The number of hydrogen-bond acceptors (Lipinski definition) is 2. The second-order valence-electron chi connectivity index (χ2n) is 7.42. The van der Waals surface area contributed by atoms with Gasteiger partial charge in [-0.3, -0.25) is 9.69 Å². The van der Waals surface area contributed by atoms with E-state index in [2.05, 4.69) is 39.5 Å². The van der Waals surface area contributed by atoms with E-state index in [1.54, 1.807) is 0 Å². The van der Waals surface area contributed by atoms with Crippen molar-refractivity contribution in [3.63, 3.8) is 0 Å². The summed E-state index contributed by atoms with van der Waals surface area (Å²) >= 11 is 0. The topological polar surface area (TPSA) is 46.3 Å². The molecular formula is C21H44N2O. The van der Waals surface area contributed by atoms with Crippen molar-refractivity contribution in [3.8, 4) is 0 Å². The molecule has 2 N–H and O–H groups in total. The van der Waals surface area contributed by atoms with Crippen molar-refractivity contribution < 1.29 is 4.79 Å². The molecule has 0 saturated heterocycles. The molecular weight excluding hydrogens is 296 g/mol. The quantitative estimate of drug-likeness (QED) is 0.402. The van der Waals surface area contributed by atoms with Crippen molar-refractivity contribution in [2.75, 3.05) is 13.1 Å². The molecule has 0 saturated carbocycles. The Morgan fingerprint density at radius 3 is 1.62 bits per heavy atom. The SMILES string of the molecule is CCCCC(N(CCC)CCC)C(CCCC)(CCCC)C(N)=O. The molecule has 3 heteroatoms. The van der Waals surface area contributed by atoms with Gasteiger partial charge in [-0.2, -0.15) is 0 Å². The Labute approximate surface area is 151 Å². The van der Waals surface area contributed by atoms with Crippen LogP contribution in [-0.2, 0) is 4.79 Å². The average Bonchev–Trinajstić information content (AvgIpc) is 2.56. The number of nitrogens with zero attached hydrogens (tertiary/aromatic N) is 1. The molecule has 144 valence electrons. The van der Waals surface area contributed by atoms with Crippen LogP contribution in [0.4, 0.5) is 0 Å². The zero-order valence-corrected chi connectivity index (χ0v) is 17.2. The molecule has 0 aromatic rings. The summed E-state index contributed by atoms with van der Waals surface area (Å²) in [6.45, 7) is 13.3. The third-order valence-corrected chi connectivity index (χ3v) is 5.37. The molecule has 0 fully saturated rings. The number of nitrogens with two attached hydrogens (primary N) is 1. The Morgan fingerprint density at radius 2 is 1.29 bits per heavy atom. The molecule has 0 radical (unpaired) electrons. The fourth-order valence-electron chi connectivity index (χ4n) is 4.06. The summed E-state index contributed by atoms with van der Waals surface area (Å²) in [4.78, 5) is 15.3. The van der Waals surface area contributed by atoms with Crippen molar-refractivity contribution in [3.05, 3.63) is 0 Å². The fourth-order valence-corrected chi connectivity index (χ4v) is 4.06. The number of primary amides is 1. The summed E-state index contributed by atoms with van der Waals surface area (Å²) in [6.07, 6.45) is 12.1. The smallest absolute Gasteiger partial charge is 0.225 e. The highest BCUT2D eigenvalue weighted by atomic mass is 16.1. The Balaban J connectivity index is 5.73. The van der Waals surface area contributed by atoms with Gasteiger partial charge in [0.15, 0.2) is 0 Å². The van der Waals surface area contributed by atoms with Gasteiger partial charge < -0.3 is 5.73 Å². The molecule has 0 spiro atoms. The Kier molecular flexibility index (Phi) is 13.4. The lowest BCUT2D eigenvalue weighted by atomic mass is 9.69. The summed E-state index contributed by atoms with van der Waals surface area (Å²) in [7, 11) is 0. The molecule has 0 aliphatic heterocycles. The van der Waals surface area contributed by atoms with Gasteiger partial charge in [-0.15, -0.1) is 0 Å². The van der Waals surface area contributed by atoms with Gasteiger partial charge in [-0.1, -0.05) is 73.1 Å². The van der Waals surface area contributed by atoms with Crippen LogP contribution in [0.5, 0.6) is 0 Å².